The fourth-order valence-electron chi connectivity index (χ4n) is 1.30. The highest BCUT2D eigenvalue weighted by atomic mass is 16.5. The van der Waals surface area contributed by atoms with Gasteiger partial charge in [0.15, 0.2) is 0 Å². The predicted octanol–water partition coefficient (Wildman–Crippen LogP) is 5.02. The molecule has 2 rings (SSSR count). The molecule has 2 nitrogen and oxygen atoms in total. The summed E-state index contributed by atoms with van der Waals surface area (Å²) in [6.45, 7) is 7.50. The van der Waals surface area contributed by atoms with Crippen LogP contribution in [0.25, 0.3) is 0 Å². The molecule has 0 spiro atoms. The first-order valence-electron chi connectivity index (χ1n) is 6.45. The molecule has 0 fully saturated rings. The quantitative estimate of drug-likeness (QED) is 0.707. The summed E-state index contributed by atoms with van der Waals surface area (Å²) in [6, 6.07) is 17.8. The zero-order chi connectivity index (χ0) is 14.5. The van der Waals surface area contributed by atoms with Crippen LogP contribution in [-0.2, 0) is 4.79 Å². The third-order valence-electron chi connectivity index (χ3n) is 1.97. The second kappa shape index (κ2) is 11.0. The third kappa shape index (κ3) is 7.77. The topological polar surface area (TPSA) is 26.3 Å². The van der Waals surface area contributed by atoms with Gasteiger partial charge in [0.1, 0.15) is 17.8 Å². The lowest BCUT2D eigenvalue weighted by molar-refractivity contribution is -0.106. The fraction of sp³-hybridized carbons (Fsp3) is 0.235. The van der Waals surface area contributed by atoms with Crippen molar-refractivity contribution in [3.63, 3.8) is 0 Å². The standard InChI is InChI=1S/C13H12O.C2H4O.C2H6/c1-11-6-5-9-13(10-11)14-12-7-3-2-4-8-12;1-2-3;1-2/h2-10H,1H3;2H,1H3;1-2H3. The molecule has 0 heterocycles. The van der Waals surface area contributed by atoms with Crippen LogP contribution >= 0.6 is 0 Å². The summed E-state index contributed by atoms with van der Waals surface area (Å²) in [7, 11) is 0. The Morgan fingerprint density at radius 1 is 0.895 bits per heavy atom. The average Bonchev–Trinajstić information content (AvgIpc) is 2.43. The van der Waals surface area contributed by atoms with E-state index in [1.165, 1.54) is 12.5 Å². The second-order valence-corrected chi connectivity index (χ2v) is 3.47. The molecule has 0 bridgehead atoms. The van der Waals surface area contributed by atoms with Crippen LogP contribution in [0.2, 0.25) is 0 Å². The molecule has 0 saturated heterocycles. The van der Waals surface area contributed by atoms with Crippen molar-refractivity contribution >= 4 is 6.29 Å². The highest BCUT2D eigenvalue weighted by Gasteiger charge is 1.95. The van der Waals surface area contributed by atoms with Gasteiger partial charge in [0, 0.05) is 0 Å². The van der Waals surface area contributed by atoms with Crippen molar-refractivity contribution in [2.24, 2.45) is 0 Å². The number of hydrogen-bond acceptors (Lipinski definition) is 2. The van der Waals surface area contributed by atoms with Crippen molar-refractivity contribution in [2.45, 2.75) is 27.7 Å². The van der Waals surface area contributed by atoms with Gasteiger partial charge >= 0.3 is 0 Å². The Kier molecular flexibility index (Phi) is 9.81. The lowest BCUT2D eigenvalue weighted by Crippen LogP contribution is -1.83. The van der Waals surface area contributed by atoms with Crippen molar-refractivity contribution in [1.82, 2.24) is 0 Å². The molecule has 0 aliphatic rings. The maximum Gasteiger partial charge on any atom is 0.127 e. The van der Waals surface area contributed by atoms with Crippen molar-refractivity contribution in [3.8, 4) is 11.5 Å². The van der Waals surface area contributed by atoms with Crippen LogP contribution in [0, 0.1) is 6.92 Å². The van der Waals surface area contributed by atoms with Crippen molar-refractivity contribution in [3.05, 3.63) is 60.2 Å². The SMILES string of the molecule is CC.CC=O.Cc1cccc(Oc2ccccc2)c1. The van der Waals surface area contributed by atoms with Crippen molar-refractivity contribution in [1.29, 1.82) is 0 Å². The molecule has 0 aliphatic carbocycles. The Morgan fingerprint density at radius 3 is 1.95 bits per heavy atom. The Labute approximate surface area is 116 Å². The zero-order valence-corrected chi connectivity index (χ0v) is 12.1. The molecular formula is C17H22O2. The van der Waals surface area contributed by atoms with E-state index in [9.17, 15) is 0 Å². The van der Waals surface area contributed by atoms with Crippen LogP contribution in [0.15, 0.2) is 54.6 Å². The van der Waals surface area contributed by atoms with Crippen molar-refractivity contribution in [2.75, 3.05) is 0 Å². The van der Waals surface area contributed by atoms with E-state index in [0.717, 1.165) is 17.8 Å². The average molecular weight is 258 g/mol. The first-order valence-corrected chi connectivity index (χ1v) is 6.45. The van der Waals surface area contributed by atoms with Crippen LogP contribution in [0.1, 0.15) is 26.3 Å². The van der Waals surface area contributed by atoms with Crippen LogP contribution in [-0.4, -0.2) is 6.29 Å². The monoisotopic (exact) mass is 258 g/mol. The summed E-state index contributed by atoms with van der Waals surface area (Å²) in [5, 5.41) is 0. The van der Waals surface area contributed by atoms with E-state index in [1.807, 2.05) is 62.4 Å². The number of hydrogen-bond donors (Lipinski definition) is 0. The van der Waals surface area contributed by atoms with E-state index < -0.39 is 0 Å². The number of aldehydes is 1. The molecule has 2 heteroatoms. The third-order valence-corrected chi connectivity index (χ3v) is 1.97. The van der Waals surface area contributed by atoms with Crippen LogP contribution in [0.5, 0.6) is 11.5 Å². The Bertz CT molecular complexity index is 450. The maximum atomic E-state index is 8.81. The molecule has 0 aliphatic heterocycles. The molecule has 0 amide bonds. The van der Waals surface area contributed by atoms with Gasteiger partial charge in [-0.3, -0.25) is 0 Å². The van der Waals surface area contributed by atoms with Gasteiger partial charge in [-0.25, -0.2) is 0 Å². The van der Waals surface area contributed by atoms with E-state index in [2.05, 4.69) is 13.0 Å². The van der Waals surface area contributed by atoms with Gasteiger partial charge in [-0.1, -0.05) is 44.2 Å². The van der Waals surface area contributed by atoms with E-state index in [-0.39, 0.29) is 0 Å². The van der Waals surface area contributed by atoms with E-state index >= 15 is 0 Å². The number of ether oxygens (including phenoxy) is 1. The van der Waals surface area contributed by atoms with Crippen LogP contribution in [0.4, 0.5) is 0 Å². The first-order chi connectivity index (χ1) is 9.26. The summed E-state index contributed by atoms with van der Waals surface area (Å²) in [5.74, 6) is 1.76. The summed E-state index contributed by atoms with van der Waals surface area (Å²) >= 11 is 0. The zero-order valence-electron chi connectivity index (χ0n) is 12.1. The lowest BCUT2D eigenvalue weighted by Gasteiger charge is -2.05. The molecule has 19 heavy (non-hydrogen) atoms. The van der Waals surface area contributed by atoms with Gasteiger partial charge in [0.2, 0.25) is 0 Å². The minimum absolute atomic E-state index is 0.750. The minimum Gasteiger partial charge on any atom is -0.457 e. The van der Waals surface area contributed by atoms with Crippen molar-refractivity contribution < 1.29 is 9.53 Å². The number of para-hydroxylation sites is 1. The van der Waals surface area contributed by atoms with Gasteiger partial charge < -0.3 is 9.53 Å². The van der Waals surface area contributed by atoms with Gasteiger partial charge in [-0.15, -0.1) is 0 Å². The van der Waals surface area contributed by atoms with Gasteiger partial charge in [-0.05, 0) is 43.7 Å². The fourth-order valence-corrected chi connectivity index (χ4v) is 1.30. The summed E-state index contributed by atoms with van der Waals surface area (Å²) in [5.41, 5.74) is 1.21. The smallest absolute Gasteiger partial charge is 0.127 e. The number of carbonyl (C=O) groups is 1. The number of carbonyl (C=O) groups excluding carboxylic acids is 1. The van der Waals surface area contributed by atoms with Crippen LogP contribution < -0.4 is 4.74 Å². The predicted molar refractivity (Wildman–Crippen MR) is 80.8 cm³/mol. The summed E-state index contributed by atoms with van der Waals surface area (Å²) in [4.78, 5) is 8.81. The molecule has 0 unspecified atom stereocenters. The Morgan fingerprint density at radius 2 is 1.42 bits per heavy atom. The van der Waals surface area contributed by atoms with Gasteiger partial charge in [0.25, 0.3) is 0 Å². The van der Waals surface area contributed by atoms with Gasteiger partial charge in [-0.2, -0.15) is 0 Å². The second-order valence-electron chi connectivity index (χ2n) is 3.47. The normalized spacial score (nSPS) is 8.21. The molecule has 0 saturated carbocycles. The molecule has 0 atom stereocenters. The molecule has 2 aromatic rings. The number of benzene rings is 2. The highest BCUT2D eigenvalue weighted by molar-refractivity contribution is 5.44. The largest absolute Gasteiger partial charge is 0.457 e. The molecule has 0 aromatic heterocycles. The molecule has 102 valence electrons. The molecule has 0 N–H and O–H groups in total. The van der Waals surface area contributed by atoms with E-state index in [0.29, 0.717) is 0 Å². The Hall–Kier alpha value is -2.09. The van der Waals surface area contributed by atoms with Gasteiger partial charge in [0.05, 0.1) is 0 Å². The van der Waals surface area contributed by atoms with E-state index in [1.54, 1.807) is 0 Å². The molecular weight excluding hydrogens is 236 g/mol. The Balaban J connectivity index is 0.000000573. The molecule has 0 radical (unpaired) electrons. The first kappa shape index (κ1) is 16.9. The lowest BCUT2D eigenvalue weighted by atomic mass is 10.2. The summed E-state index contributed by atoms with van der Waals surface area (Å²) in [6.07, 6.45) is 0.750. The minimum atomic E-state index is 0.750. The van der Waals surface area contributed by atoms with Crippen LogP contribution in [0.3, 0.4) is 0 Å². The highest BCUT2D eigenvalue weighted by Crippen LogP contribution is 2.21. The number of rotatable bonds is 2. The molecule has 2 aromatic carbocycles. The summed E-state index contributed by atoms with van der Waals surface area (Å²) < 4.78 is 5.66. The maximum absolute atomic E-state index is 8.81. The van der Waals surface area contributed by atoms with E-state index in [4.69, 9.17) is 9.53 Å². The number of aryl methyl sites for hydroxylation is 1.